The number of benzene rings is 2. The van der Waals surface area contributed by atoms with Crippen LogP contribution in [0.15, 0.2) is 60.7 Å². The number of aromatic hydroxyl groups is 2. The molecule has 26 heavy (non-hydrogen) atoms. The van der Waals surface area contributed by atoms with Crippen molar-refractivity contribution in [1.82, 2.24) is 0 Å². The summed E-state index contributed by atoms with van der Waals surface area (Å²) in [7, 11) is 1.48. The Kier molecular flexibility index (Phi) is 6.76. The molecule has 134 valence electrons. The maximum absolute atomic E-state index is 11.8. The SMILES string of the molecule is COc1cc(/C=C/C=C/C(=O)/C=C/c2ccc(O)c(CO)c2)ccc1O. The van der Waals surface area contributed by atoms with Crippen LogP contribution < -0.4 is 4.74 Å². The molecule has 0 aliphatic carbocycles. The number of allylic oxidation sites excluding steroid dienone is 4. The van der Waals surface area contributed by atoms with E-state index in [1.54, 1.807) is 48.6 Å². The number of carbonyl (C=O) groups is 1. The Bertz CT molecular complexity index is 863. The first-order chi connectivity index (χ1) is 12.5. The van der Waals surface area contributed by atoms with Crippen molar-refractivity contribution in [3.05, 3.63) is 77.4 Å². The number of ether oxygens (including phenoxy) is 1. The Balaban J connectivity index is 1.97. The molecule has 0 unspecified atom stereocenters. The Morgan fingerprint density at radius 2 is 1.65 bits per heavy atom. The van der Waals surface area contributed by atoms with E-state index in [2.05, 4.69) is 0 Å². The van der Waals surface area contributed by atoms with Crippen molar-refractivity contribution in [2.75, 3.05) is 7.11 Å². The highest BCUT2D eigenvalue weighted by Gasteiger charge is 2.00. The molecular weight excluding hydrogens is 332 g/mol. The van der Waals surface area contributed by atoms with Gasteiger partial charge in [0.05, 0.1) is 13.7 Å². The lowest BCUT2D eigenvalue weighted by atomic mass is 10.1. The van der Waals surface area contributed by atoms with Gasteiger partial charge < -0.3 is 20.1 Å². The molecule has 2 rings (SSSR count). The second-order valence-corrected chi connectivity index (χ2v) is 5.43. The van der Waals surface area contributed by atoms with Crippen LogP contribution in [0.4, 0.5) is 0 Å². The first-order valence-electron chi connectivity index (χ1n) is 7.90. The minimum absolute atomic E-state index is 0.0203. The number of hydrogen-bond donors (Lipinski definition) is 3. The minimum Gasteiger partial charge on any atom is -0.508 e. The maximum atomic E-state index is 11.8. The second-order valence-electron chi connectivity index (χ2n) is 5.43. The lowest BCUT2D eigenvalue weighted by Gasteiger charge is -2.03. The predicted octanol–water partition coefficient (Wildman–Crippen LogP) is 3.45. The number of phenolic OH excluding ortho intramolecular Hbond substituents is 1. The summed E-state index contributed by atoms with van der Waals surface area (Å²) in [6, 6.07) is 9.69. The molecule has 0 amide bonds. The van der Waals surface area contributed by atoms with Crippen LogP contribution in [-0.4, -0.2) is 28.2 Å². The molecule has 0 atom stereocenters. The van der Waals surface area contributed by atoms with Gasteiger partial charge in [0.15, 0.2) is 17.3 Å². The lowest BCUT2D eigenvalue weighted by molar-refractivity contribution is -0.110. The smallest absolute Gasteiger partial charge is 0.178 e. The van der Waals surface area contributed by atoms with E-state index < -0.39 is 0 Å². The normalized spacial score (nSPS) is 11.6. The van der Waals surface area contributed by atoms with E-state index in [1.165, 1.54) is 31.4 Å². The molecule has 0 bridgehead atoms. The zero-order valence-corrected chi connectivity index (χ0v) is 14.3. The predicted molar refractivity (Wildman–Crippen MR) is 101 cm³/mol. The fourth-order valence-corrected chi connectivity index (χ4v) is 2.18. The van der Waals surface area contributed by atoms with E-state index in [-0.39, 0.29) is 23.9 Å². The highest BCUT2D eigenvalue weighted by molar-refractivity contribution is 6.02. The van der Waals surface area contributed by atoms with Gasteiger partial charge in [-0.15, -0.1) is 0 Å². The van der Waals surface area contributed by atoms with Gasteiger partial charge in [-0.1, -0.05) is 36.4 Å². The summed E-state index contributed by atoms with van der Waals surface area (Å²) in [6.45, 7) is -0.270. The number of hydrogen-bond acceptors (Lipinski definition) is 5. The van der Waals surface area contributed by atoms with Crippen LogP contribution in [0.2, 0.25) is 0 Å². The van der Waals surface area contributed by atoms with Gasteiger partial charge in [-0.2, -0.15) is 0 Å². The molecule has 0 aliphatic heterocycles. The quantitative estimate of drug-likeness (QED) is 0.525. The number of aliphatic hydroxyl groups is 1. The summed E-state index contributed by atoms with van der Waals surface area (Å²) in [5, 5.41) is 28.2. The third-order valence-electron chi connectivity index (χ3n) is 3.58. The van der Waals surface area contributed by atoms with E-state index in [4.69, 9.17) is 9.84 Å². The molecule has 0 saturated carbocycles. The van der Waals surface area contributed by atoms with Crippen molar-refractivity contribution in [2.45, 2.75) is 6.61 Å². The molecule has 0 saturated heterocycles. The van der Waals surface area contributed by atoms with Crippen LogP contribution >= 0.6 is 0 Å². The monoisotopic (exact) mass is 352 g/mol. The molecule has 0 aromatic heterocycles. The van der Waals surface area contributed by atoms with E-state index >= 15 is 0 Å². The van der Waals surface area contributed by atoms with Gasteiger partial charge in [-0.05, 0) is 47.5 Å². The largest absolute Gasteiger partial charge is 0.508 e. The Morgan fingerprint density at radius 1 is 0.962 bits per heavy atom. The molecule has 3 N–H and O–H groups in total. The van der Waals surface area contributed by atoms with Gasteiger partial charge in [0, 0.05) is 5.56 Å². The first kappa shape index (κ1) is 19.0. The molecule has 0 radical (unpaired) electrons. The van der Waals surface area contributed by atoms with Gasteiger partial charge in [0.1, 0.15) is 5.75 Å². The number of phenols is 2. The van der Waals surface area contributed by atoms with Crippen LogP contribution in [0.3, 0.4) is 0 Å². The van der Waals surface area contributed by atoms with E-state index in [1.807, 2.05) is 0 Å². The average molecular weight is 352 g/mol. The molecule has 5 nitrogen and oxygen atoms in total. The van der Waals surface area contributed by atoms with Crippen molar-refractivity contribution in [3.63, 3.8) is 0 Å². The van der Waals surface area contributed by atoms with Crippen LogP contribution in [-0.2, 0) is 11.4 Å². The zero-order valence-electron chi connectivity index (χ0n) is 14.3. The molecular formula is C21H20O5. The van der Waals surface area contributed by atoms with Gasteiger partial charge in [-0.3, -0.25) is 4.79 Å². The van der Waals surface area contributed by atoms with Gasteiger partial charge in [-0.25, -0.2) is 0 Å². The number of rotatable bonds is 7. The molecule has 5 heteroatoms. The number of ketones is 1. The topological polar surface area (TPSA) is 87.0 Å². The fourth-order valence-electron chi connectivity index (χ4n) is 2.18. The van der Waals surface area contributed by atoms with E-state index in [0.29, 0.717) is 16.9 Å². The number of aliphatic hydroxyl groups excluding tert-OH is 1. The summed E-state index contributed by atoms with van der Waals surface area (Å²) in [6.07, 6.45) is 9.53. The minimum atomic E-state index is -0.270. The Hall–Kier alpha value is -3.31. The van der Waals surface area contributed by atoms with Gasteiger partial charge in [0.2, 0.25) is 0 Å². The van der Waals surface area contributed by atoms with Crippen LogP contribution in [0, 0.1) is 0 Å². The van der Waals surface area contributed by atoms with Crippen molar-refractivity contribution in [1.29, 1.82) is 0 Å². The van der Waals surface area contributed by atoms with Crippen LogP contribution in [0.5, 0.6) is 17.2 Å². The Morgan fingerprint density at radius 3 is 2.35 bits per heavy atom. The lowest BCUT2D eigenvalue weighted by Crippen LogP contribution is -1.87. The number of carbonyl (C=O) groups excluding carboxylic acids is 1. The van der Waals surface area contributed by atoms with Gasteiger partial charge in [0.25, 0.3) is 0 Å². The summed E-state index contributed by atoms with van der Waals surface area (Å²) in [4.78, 5) is 11.8. The molecule has 2 aromatic carbocycles. The van der Waals surface area contributed by atoms with E-state index in [0.717, 1.165) is 5.56 Å². The highest BCUT2D eigenvalue weighted by Crippen LogP contribution is 2.26. The van der Waals surface area contributed by atoms with Crippen molar-refractivity contribution < 1.29 is 24.9 Å². The summed E-state index contributed by atoms with van der Waals surface area (Å²) >= 11 is 0. The third-order valence-corrected chi connectivity index (χ3v) is 3.58. The Labute approximate surface area is 151 Å². The van der Waals surface area contributed by atoms with E-state index in [9.17, 15) is 15.0 Å². The molecule has 0 fully saturated rings. The van der Waals surface area contributed by atoms with Gasteiger partial charge >= 0.3 is 0 Å². The first-order valence-corrected chi connectivity index (χ1v) is 7.90. The van der Waals surface area contributed by atoms with Crippen molar-refractivity contribution >= 4 is 17.9 Å². The summed E-state index contributed by atoms with van der Waals surface area (Å²) < 4.78 is 5.03. The molecule has 0 heterocycles. The fraction of sp³-hybridized carbons (Fsp3) is 0.0952. The average Bonchev–Trinajstić information content (AvgIpc) is 2.65. The zero-order chi connectivity index (χ0) is 18.9. The second kappa shape index (κ2) is 9.25. The number of methoxy groups -OCH3 is 1. The van der Waals surface area contributed by atoms with Crippen molar-refractivity contribution in [2.24, 2.45) is 0 Å². The molecule has 0 spiro atoms. The standard InChI is InChI=1S/C21H20O5/c1-26-21-13-15(8-11-20(21)25)4-2-3-5-18(23)9-6-16-7-10-19(24)17(12-16)14-22/h2-13,22,24-25H,14H2,1H3/b4-2+,5-3+,9-6+. The molecule has 2 aromatic rings. The highest BCUT2D eigenvalue weighted by atomic mass is 16.5. The van der Waals surface area contributed by atoms with Crippen molar-refractivity contribution in [3.8, 4) is 17.2 Å². The summed E-state index contributed by atoms with van der Waals surface area (Å²) in [5.41, 5.74) is 1.94. The maximum Gasteiger partial charge on any atom is 0.178 e. The third kappa shape index (κ3) is 5.36. The molecule has 0 aliphatic rings. The van der Waals surface area contributed by atoms with Crippen LogP contribution in [0.25, 0.3) is 12.2 Å². The summed E-state index contributed by atoms with van der Waals surface area (Å²) in [5.74, 6) is 0.272. The van der Waals surface area contributed by atoms with Crippen LogP contribution in [0.1, 0.15) is 16.7 Å².